The quantitative estimate of drug-likeness (QED) is 0.143. The van der Waals surface area contributed by atoms with Crippen LogP contribution in [0.1, 0.15) is 57.2 Å². The lowest BCUT2D eigenvalue weighted by Gasteiger charge is -2.36. The fourth-order valence-electron chi connectivity index (χ4n) is 10.0. The maximum absolute atomic E-state index is 4.89. The van der Waals surface area contributed by atoms with E-state index in [9.17, 15) is 0 Å². The van der Waals surface area contributed by atoms with E-state index in [4.69, 9.17) is 6.58 Å². The van der Waals surface area contributed by atoms with Gasteiger partial charge in [-0.15, -0.1) is 0 Å². The van der Waals surface area contributed by atoms with E-state index in [0.717, 1.165) is 18.5 Å². The number of benzene rings is 7. The predicted octanol–water partition coefficient (Wildman–Crippen LogP) is 14.8. The van der Waals surface area contributed by atoms with Crippen molar-refractivity contribution in [3.8, 4) is 78.0 Å². The molecule has 0 radical (unpaired) electrons. The molecule has 58 heavy (non-hydrogen) atoms. The summed E-state index contributed by atoms with van der Waals surface area (Å²) in [5, 5.41) is 0. The Kier molecular flexibility index (Phi) is 8.53. The molecule has 2 heterocycles. The molecule has 0 amide bonds. The van der Waals surface area contributed by atoms with E-state index < -0.39 is 0 Å². The van der Waals surface area contributed by atoms with Gasteiger partial charge in [0.25, 0.3) is 0 Å². The minimum atomic E-state index is -0.183. The van der Waals surface area contributed by atoms with Gasteiger partial charge in [-0.1, -0.05) is 155 Å². The van der Waals surface area contributed by atoms with E-state index in [1.807, 2.05) is 0 Å². The number of pyridine rings is 1. The van der Waals surface area contributed by atoms with Gasteiger partial charge in [0.15, 0.2) is 11.9 Å². The van der Waals surface area contributed by atoms with Crippen molar-refractivity contribution in [1.82, 2.24) is 0 Å². The SMILES string of the molecule is C=C1[n+]2cc(-c3cccc(-c4cccc(-c5cccc(-c6ccccc6)c5)c4)c3)ccc2-c2cc3c(cc2C1(CC)CC)-c1ccc(-c2ccccc2)cc1C3(C)C. The highest BCUT2D eigenvalue weighted by molar-refractivity contribution is 5.89. The first kappa shape index (κ1) is 35.8. The molecule has 1 aromatic heterocycles. The van der Waals surface area contributed by atoms with Gasteiger partial charge in [0.05, 0.1) is 11.0 Å². The third-order valence-corrected chi connectivity index (χ3v) is 13.4. The Morgan fingerprint density at radius 2 is 0.828 bits per heavy atom. The monoisotopic (exact) mass is 746 g/mol. The van der Waals surface area contributed by atoms with Gasteiger partial charge >= 0.3 is 0 Å². The van der Waals surface area contributed by atoms with Crippen molar-refractivity contribution >= 4 is 5.70 Å². The fraction of sp³-hybridized carbons (Fsp3) is 0.140. The number of aromatic nitrogens is 1. The van der Waals surface area contributed by atoms with Crippen LogP contribution in [-0.2, 0) is 10.8 Å². The van der Waals surface area contributed by atoms with E-state index in [1.165, 1.54) is 94.7 Å². The highest BCUT2D eigenvalue weighted by Gasteiger charge is 2.48. The molecule has 280 valence electrons. The standard InChI is InChI=1S/C57H48N/c1-6-57(7-2)38(3)58-37-48(46-26-16-25-45(33-46)44-24-15-23-43(32-44)42-22-14-21-41(31-42)39-17-10-8-11-18-39)28-30-55(58)51-36-53-50(35-54(51)57)49-29-27-47(34-52(49)56(53,4)5)40-19-12-9-13-20-40/h8-37H,3,6-7H2,1-2,4-5H3/q+1. The van der Waals surface area contributed by atoms with Crippen molar-refractivity contribution in [3.05, 3.63) is 205 Å². The van der Waals surface area contributed by atoms with Crippen LogP contribution in [0.3, 0.4) is 0 Å². The third kappa shape index (κ3) is 5.64. The molecule has 1 heteroatoms. The largest absolute Gasteiger partial charge is 0.218 e. The van der Waals surface area contributed by atoms with Crippen LogP contribution < -0.4 is 4.57 Å². The Labute approximate surface area is 343 Å². The van der Waals surface area contributed by atoms with E-state index in [-0.39, 0.29) is 10.8 Å². The smallest absolute Gasteiger partial charge is 0.163 e. The van der Waals surface area contributed by atoms with Crippen molar-refractivity contribution in [3.63, 3.8) is 0 Å². The van der Waals surface area contributed by atoms with Gasteiger partial charge in [0, 0.05) is 17.0 Å². The van der Waals surface area contributed by atoms with Crippen molar-refractivity contribution in [2.75, 3.05) is 0 Å². The van der Waals surface area contributed by atoms with E-state index >= 15 is 0 Å². The first-order chi connectivity index (χ1) is 28.3. The Balaban J connectivity index is 1.03. The van der Waals surface area contributed by atoms with E-state index in [2.05, 4.69) is 214 Å². The van der Waals surface area contributed by atoms with Crippen LogP contribution in [0.2, 0.25) is 0 Å². The lowest BCUT2D eigenvalue weighted by molar-refractivity contribution is -0.576. The van der Waals surface area contributed by atoms with Crippen molar-refractivity contribution in [2.24, 2.45) is 0 Å². The second-order valence-corrected chi connectivity index (χ2v) is 16.7. The number of hydrogen-bond donors (Lipinski definition) is 0. The Morgan fingerprint density at radius 3 is 1.36 bits per heavy atom. The molecule has 1 aliphatic heterocycles. The van der Waals surface area contributed by atoms with Gasteiger partial charge in [-0.05, 0) is 140 Å². The summed E-state index contributed by atoms with van der Waals surface area (Å²) in [5.41, 5.74) is 22.5. The Hall–Kier alpha value is -6.57. The summed E-state index contributed by atoms with van der Waals surface area (Å²) < 4.78 is 2.41. The lowest BCUT2D eigenvalue weighted by Crippen LogP contribution is -2.48. The number of hydrogen-bond acceptors (Lipinski definition) is 0. The molecule has 8 aromatic rings. The molecule has 10 rings (SSSR count). The molecular weight excluding hydrogens is 699 g/mol. The van der Waals surface area contributed by atoms with E-state index in [1.54, 1.807) is 0 Å². The van der Waals surface area contributed by atoms with Gasteiger partial charge in [0.2, 0.25) is 5.69 Å². The first-order valence-electron chi connectivity index (χ1n) is 20.8. The van der Waals surface area contributed by atoms with Crippen LogP contribution in [-0.4, -0.2) is 0 Å². The molecule has 2 aliphatic rings. The summed E-state index contributed by atoms with van der Waals surface area (Å²) in [6.07, 6.45) is 4.30. The summed E-state index contributed by atoms with van der Waals surface area (Å²) in [6, 6.07) is 64.9. The van der Waals surface area contributed by atoms with Crippen LogP contribution in [0, 0.1) is 0 Å². The molecule has 0 N–H and O–H groups in total. The topological polar surface area (TPSA) is 3.88 Å². The number of rotatable bonds is 7. The number of fused-ring (bicyclic) bond motifs is 6. The summed E-state index contributed by atoms with van der Waals surface area (Å²) in [4.78, 5) is 0. The summed E-state index contributed by atoms with van der Waals surface area (Å²) in [5.74, 6) is 0. The molecule has 1 aliphatic carbocycles. The molecule has 0 fully saturated rings. The van der Waals surface area contributed by atoms with Crippen LogP contribution in [0.15, 0.2) is 189 Å². The molecular formula is C57H48N+. The highest BCUT2D eigenvalue weighted by atomic mass is 15.0. The zero-order valence-electron chi connectivity index (χ0n) is 33.9. The molecule has 0 bridgehead atoms. The molecule has 1 nitrogen and oxygen atoms in total. The van der Waals surface area contributed by atoms with Gasteiger partial charge in [-0.25, -0.2) is 0 Å². The molecule has 0 spiro atoms. The van der Waals surface area contributed by atoms with Gasteiger partial charge in [0.1, 0.15) is 0 Å². The lowest BCUT2D eigenvalue weighted by atomic mass is 9.67. The van der Waals surface area contributed by atoms with Crippen LogP contribution >= 0.6 is 0 Å². The third-order valence-electron chi connectivity index (χ3n) is 13.4. The average molecular weight is 747 g/mol. The van der Waals surface area contributed by atoms with Gasteiger partial charge < -0.3 is 0 Å². The Bertz CT molecular complexity index is 2890. The molecule has 0 saturated heterocycles. The van der Waals surface area contributed by atoms with Crippen LogP contribution in [0.4, 0.5) is 0 Å². The van der Waals surface area contributed by atoms with Crippen molar-refractivity contribution in [1.29, 1.82) is 0 Å². The highest BCUT2D eigenvalue weighted by Crippen LogP contribution is 2.55. The fourth-order valence-corrected chi connectivity index (χ4v) is 10.0. The van der Waals surface area contributed by atoms with Crippen LogP contribution in [0.25, 0.3) is 83.7 Å². The minimum Gasteiger partial charge on any atom is -0.163 e. The van der Waals surface area contributed by atoms with Crippen molar-refractivity contribution in [2.45, 2.75) is 51.4 Å². The van der Waals surface area contributed by atoms with Crippen LogP contribution in [0.5, 0.6) is 0 Å². The normalized spacial score (nSPS) is 14.3. The van der Waals surface area contributed by atoms with Crippen molar-refractivity contribution < 1.29 is 4.57 Å². The summed E-state index contributed by atoms with van der Waals surface area (Å²) in [6.45, 7) is 14.4. The maximum atomic E-state index is 4.89. The first-order valence-corrected chi connectivity index (χ1v) is 20.8. The van der Waals surface area contributed by atoms with Gasteiger partial charge in [-0.3, -0.25) is 0 Å². The summed E-state index contributed by atoms with van der Waals surface area (Å²) in [7, 11) is 0. The predicted molar refractivity (Wildman–Crippen MR) is 244 cm³/mol. The average Bonchev–Trinajstić information content (AvgIpc) is 3.51. The second-order valence-electron chi connectivity index (χ2n) is 16.7. The molecule has 0 unspecified atom stereocenters. The van der Waals surface area contributed by atoms with Gasteiger partial charge in [-0.2, -0.15) is 4.57 Å². The Morgan fingerprint density at radius 1 is 0.397 bits per heavy atom. The summed E-state index contributed by atoms with van der Waals surface area (Å²) >= 11 is 0. The zero-order chi connectivity index (χ0) is 39.6. The minimum absolute atomic E-state index is 0.132. The molecule has 0 atom stereocenters. The number of nitrogens with zero attached hydrogens (tertiary/aromatic N) is 1. The second kappa shape index (κ2) is 13.8. The molecule has 7 aromatic carbocycles. The molecule has 0 saturated carbocycles. The van der Waals surface area contributed by atoms with E-state index in [0.29, 0.717) is 0 Å². The number of allylic oxidation sites excluding steroid dienone is 1. The zero-order valence-corrected chi connectivity index (χ0v) is 33.9. The maximum Gasteiger partial charge on any atom is 0.218 e.